The van der Waals surface area contributed by atoms with Gasteiger partial charge in [0.25, 0.3) is 0 Å². The van der Waals surface area contributed by atoms with Gasteiger partial charge in [0.1, 0.15) is 36.5 Å². The number of nitriles is 1. The van der Waals surface area contributed by atoms with E-state index in [0.29, 0.717) is 54.8 Å². The molecule has 260 valence electrons. The molecule has 1 N–H and O–H groups in total. The second-order valence-corrected chi connectivity index (χ2v) is 13.4. The summed E-state index contributed by atoms with van der Waals surface area (Å²) in [5.74, 6) is 1.09. The van der Waals surface area contributed by atoms with E-state index in [1.807, 2.05) is 17.0 Å². The van der Waals surface area contributed by atoms with Crippen molar-refractivity contribution in [2.24, 2.45) is 0 Å². The highest BCUT2D eigenvalue weighted by molar-refractivity contribution is 6.33. The van der Waals surface area contributed by atoms with Crippen LogP contribution in [0.4, 0.5) is 0 Å². The Labute approximate surface area is 299 Å². The standard InChI is InChI=1S/C40H43ClN4O5/c1-27-31(8-5-9-32(27)33-10-6-11-36(28(33)2)48-17-7-15-44-13-3-4-14-44)26-50-38-19-37(49-25-30-18-29(20-42)21-43-22-30)35-23-45(24-39(46)47)16-12-34(35)40(38)41/h5-6,8-11,18-19,21-22H,3-4,7,12-17,23-26H2,1-2H3,(H,46,47). The topological polar surface area (TPSA) is 108 Å². The molecule has 0 radical (unpaired) electrons. The van der Waals surface area contributed by atoms with Crippen LogP contribution in [0.25, 0.3) is 11.1 Å². The first-order valence-corrected chi connectivity index (χ1v) is 17.6. The number of hydrogen-bond acceptors (Lipinski definition) is 8. The van der Waals surface area contributed by atoms with Gasteiger partial charge in [-0.2, -0.15) is 5.26 Å². The SMILES string of the molecule is Cc1c(COc2cc(OCc3cncc(C#N)c3)c3c(c2Cl)CCN(CC(=O)O)C3)cccc1-c1cccc(OCCCN2CCCC2)c1C. The number of ether oxygens (including phenoxy) is 3. The summed E-state index contributed by atoms with van der Waals surface area (Å²) in [6.45, 7) is 9.74. The average Bonchev–Trinajstić information content (AvgIpc) is 3.64. The highest BCUT2D eigenvalue weighted by Crippen LogP contribution is 2.41. The van der Waals surface area contributed by atoms with Gasteiger partial charge in [-0.1, -0.05) is 41.9 Å². The molecule has 2 aliphatic heterocycles. The molecule has 0 saturated carbocycles. The van der Waals surface area contributed by atoms with Crippen LogP contribution in [0.15, 0.2) is 60.9 Å². The lowest BCUT2D eigenvalue weighted by molar-refractivity contribution is -0.138. The summed E-state index contributed by atoms with van der Waals surface area (Å²) in [5.41, 5.74) is 8.43. The summed E-state index contributed by atoms with van der Waals surface area (Å²) >= 11 is 6.99. The number of carboxylic acids is 1. The molecule has 1 fully saturated rings. The Morgan fingerprint density at radius 2 is 1.66 bits per heavy atom. The molecule has 0 unspecified atom stereocenters. The van der Waals surface area contributed by atoms with Gasteiger partial charge in [0, 0.05) is 49.2 Å². The van der Waals surface area contributed by atoms with Crippen LogP contribution in [0.1, 0.15) is 58.2 Å². The number of fused-ring (bicyclic) bond motifs is 1. The van der Waals surface area contributed by atoms with Crippen molar-refractivity contribution in [3.05, 3.63) is 105 Å². The zero-order valence-corrected chi connectivity index (χ0v) is 29.5. The number of carboxylic acid groups (broad SMARTS) is 1. The van der Waals surface area contributed by atoms with Gasteiger partial charge in [0.2, 0.25) is 0 Å². The fourth-order valence-electron chi connectivity index (χ4n) is 6.88. The first-order chi connectivity index (χ1) is 24.3. The number of aromatic nitrogens is 1. The Hall–Kier alpha value is -4.62. The fraction of sp³-hybridized carbons (Fsp3) is 0.375. The Bertz CT molecular complexity index is 1880. The van der Waals surface area contributed by atoms with Gasteiger partial charge < -0.3 is 24.2 Å². The van der Waals surface area contributed by atoms with E-state index in [1.165, 1.54) is 32.1 Å². The molecule has 0 atom stereocenters. The van der Waals surface area contributed by atoms with Gasteiger partial charge in [-0.3, -0.25) is 14.7 Å². The molecule has 3 aromatic carbocycles. The van der Waals surface area contributed by atoms with Gasteiger partial charge in [0.05, 0.1) is 23.7 Å². The molecule has 6 rings (SSSR count). The van der Waals surface area contributed by atoms with E-state index in [1.54, 1.807) is 18.3 Å². The number of halogens is 1. The van der Waals surface area contributed by atoms with E-state index in [4.69, 9.17) is 25.8 Å². The van der Waals surface area contributed by atoms with Crippen molar-refractivity contribution in [3.63, 3.8) is 0 Å². The molecule has 2 aliphatic rings. The average molecular weight is 695 g/mol. The number of benzene rings is 3. The number of aliphatic carboxylic acids is 1. The first kappa shape index (κ1) is 35.2. The number of pyridine rings is 1. The Morgan fingerprint density at radius 3 is 2.44 bits per heavy atom. The molecule has 0 spiro atoms. The summed E-state index contributed by atoms with van der Waals surface area (Å²) in [7, 11) is 0. The van der Waals surface area contributed by atoms with Crippen LogP contribution < -0.4 is 14.2 Å². The van der Waals surface area contributed by atoms with Gasteiger partial charge in [-0.05, 0) is 98.1 Å². The van der Waals surface area contributed by atoms with Gasteiger partial charge in [0.15, 0.2) is 0 Å². The number of hydrogen-bond donors (Lipinski definition) is 1. The van der Waals surface area contributed by atoms with Gasteiger partial charge in [-0.15, -0.1) is 0 Å². The number of nitrogens with zero attached hydrogens (tertiary/aromatic N) is 4. The van der Waals surface area contributed by atoms with Crippen LogP contribution in [0.5, 0.6) is 17.2 Å². The molecule has 1 aromatic heterocycles. The predicted molar refractivity (Wildman–Crippen MR) is 193 cm³/mol. The fourth-order valence-corrected chi connectivity index (χ4v) is 7.20. The van der Waals surface area contributed by atoms with Crippen LogP contribution in [-0.4, -0.2) is 65.2 Å². The number of rotatable bonds is 14. The van der Waals surface area contributed by atoms with Crippen LogP contribution >= 0.6 is 11.6 Å². The molecule has 4 aromatic rings. The first-order valence-electron chi connectivity index (χ1n) is 17.2. The zero-order valence-electron chi connectivity index (χ0n) is 28.7. The van der Waals surface area contributed by atoms with Crippen LogP contribution in [0, 0.1) is 25.2 Å². The number of carbonyl (C=O) groups is 1. The monoisotopic (exact) mass is 694 g/mol. The molecule has 50 heavy (non-hydrogen) atoms. The molecule has 0 aliphatic carbocycles. The Kier molecular flexibility index (Phi) is 11.5. The molecular weight excluding hydrogens is 652 g/mol. The van der Waals surface area contributed by atoms with E-state index in [2.05, 4.69) is 54.1 Å². The van der Waals surface area contributed by atoms with Crippen LogP contribution in [0.3, 0.4) is 0 Å². The lowest BCUT2D eigenvalue weighted by Gasteiger charge is -2.30. The van der Waals surface area contributed by atoms with Crippen molar-refractivity contribution in [2.45, 2.75) is 59.3 Å². The summed E-state index contributed by atoms with van der Waals surface area (Å²) in [6.07, 6.45) is 7.34. The third-order valence-corrected chi connectivity index (χ3v) is 10.0. The molecule has 0 amide bonds. The summed E-state index contributed by atoms with van der Waals surface area (Å²) in [6, 6.07) is 18.1. The minimum absolute atomic E-state index is 0.0776. The van der Waals surface area contributed by atoms with Crippen molar-refractivity contribution < 1.29 is 24.1 Å². The summed E-state index contributed by atoms with van der Waals surface area (Å²) < 4.78 is 19.0. The summed E-state index contributed by atoms with van der Waals surface area (Å²) in [4.78, 5) is 20.0. The molecule has 3 heterocycles. The maximum atomic E-state index is 11.5. The molecular formula is C40H43ClN4O5. The predicted octanol–water partition coefficient (Wildman–Crippen LogP) is 7.36. The van der Waals surface area contributed by atoms with Crippen molar-refractivity contribution >= 4 is 17.6 Å². The van der Waals surface area contributed by atoms with E-state index >= 15 is 0 Å². The minimum Gasteiger partial charge on any atom is -0.493 e. The Morgan fingerprint density at radius 1 is 0.900 bits per heavy atom. The van der Waals surface area contributed by atoms with Crippen molar-refractivity contribution in [1.82, 2.24) is 14.8 Å². The maximum Gasteiger partial charge on any atom is 0.317 e. The maximum absolute atomic E-state index is 11.5. The Balaban J connectivity index is 1.20. The van der Waals surface area contributed by atoms with Gasteiger partial charge in [-0.25, -0.2) is 0 Å². The van der Waals surface area contributed by atoms with Gasteiger partial charge >= 0.3 is 5.97 Å². The van der Waals surface area contributed by atoms with E-state index in [-0.39, 0.29) is 13.2 Å². The van der Waals surface area contributed by atoms with Crippen LogP contribution in [0.2, 0.25) is 5.02 Å². The third-order valence-electron chi connectivity index (χ3n) is 9.62. The number of likely N-dealkylation sites (tertiary alicyclic amines) is 1. The normalized spacial score (nSPS) is 14.6. The molecule has 0 bridgehead atoms. The summed E-state index contributed by atoms with van der Waals surface area (Å²) in [5, 5.41) is 19.2. The lowest BCUT2D eigenvalue weighted by atomic mass is 9.93. The second-order valence-electron chi connectivity index (χ2n) is 13.0. The molecule has 9 nitrogen and oxygen atoms in total. The van der Waals surface area contributed by atoms with Crippen molar-refractivity contribution in [2.75, 3.05) is 39.3 Å². The smallest absolute Gasteiger partial charge is 0.317 e. The van der Waals surface area contributed by atoms with Crippen LogP contribution in [-0.2, 0) is 31.0 Å². The van der Waals surface area contributed by atoms with E-state index in [9.17, 15) is 15.2 Å². The minimum atomic E-state index is -0.888. The third kappa shape index (κ3) is 8.39. The molecule has 10 heteroatoms. The quantitative estimate of drug-likeness (QED) is 0.136. The largest absolute Gasteiger partial charge is 0.493 e. The van der Waals surface area contributed by atoms with Crippen molar-refractivity contribution in [1.29, 1.82) is 5.26 Å². The second kappa shape index (κ2) is 16.4. The zero-order chi connectivity index (χ0) is 35.0. The highest BCUT2D eigenvalue weighted by atomic mass is 35.5. The molecule has 1 saturated heterocycles. The lowest BCUT2D eigenvalue weighted by Crippen LogP contribution is -2.35. The van der Waals surface area contributed by atoms with Crippen molar-refractivity contribution in [3.8, 4) is 34.4 Å². The highest BCUT2D eigenvalue weighted by Gasteiger charge is 2.26. The van der Waals surface area contributed by atoms with E-state index in [0.717, 1.165) is 63.2 Å². The van der Waals surface area contributed by atoms with E-state index < -0.39 is 5.97 Å².